The average Bonchev–Trinajstić information content (AvgIpc) is 3.20. The molecule has 0 saturated heterocycles. The van der Waals surface area contributed by atoms with E-state index in [2.05, 4.69) is 33.8 Å². The molecule has 5 atom stereocenters. The molecule has 0 heterocycles. The van der Waals surface area contributed by atoms with E-state index in [0.717, 1.165) is 44.1 Å². The average molecular weight is 508 g/mol. The number of hydrogen-bond acceptors (Lipinski definition) is 7. The summed E-state index contributed by atoms with van der Waals surface area (Å²) in [6.07, 6.45) is 9.19. The molecular weight excluding hydrogens is 470 g/mol. The van der Waals surface area contributed by atoms with Crippen molar-refractivity contribution in [2.24, 2.45) is 22.4 Å². The van der Waals surface area contributed by atoms with Gasteiger partial charge in [-0.2, -0.15) is 0 Å². The van der Waals surface area contributed by atoms with Gasteiger partial charge in [-0.1, -0.05) is 41.9 Å². The van der Waals surface area contributed by atoms with Crippen molar-refractivity contribution >= 4 is 18.2 Å². The van der Waals surface area contributed by atoms with Gasteiger partial charge in [-0.05, 0) is 78.7 Å². The summed E-state index contributed by atoms with van der Waals surface area (Å²) in [7, 11) is 4.86. The van der Waals surface area contributed by atoms with E-state index in [1.165, 1.54) is 30.0 Å². The zero-order valence-electron chi connectivity index (χ0n) is 22.2. The van der Waals surface area contributed by atoms with E-state index in [-0.39, 0.29) is 22.7 Å². The molecule has 198 valence electrons. The number of oxime groups is 1. The van der Waals surface area contributed by atoms with Crippen molar-refractivity contribution in [2.45, 2.75) is 63.4 Å². The molecule has 0 aromatic heterocycles. The number of ketones is 1. The molecule has 0 aliphatic heterocycles. The highest BCUT2D eigenvalue weighted by atomic mass is 16.8. The van der Waals surface area contributed by atoms with Crippen LogP contribution in [0.1, 0.15) is 68.9 Å². The molecule has 2 fully saturated rings. The van der Waals surface area contributed by atoms with Crippen molar-refractivity contribution in [3.05, 3.63) is 58.2 Å². The second-order valence-corrected chi connectivity index (χ2v) is 11.1. The van der Waals surface area contributed by atoms with Crippen LogP contribution in [0.3, 0.4) is 0 Å². The smallest absolute Gasteiger partial charge is 0.436 e. The van der Waals surface area contributed by atoms with E-state index in [9.17, 15) is 9.59 Å². The highest BCUT2D eigenvalue weighted by molar-refractivity contribution is 5.93. The lowest BCUT2D eigenvalue weighted by Gasteiger charge is -2.55. The number of carbonyl (C=O) groups is 2. The van der Waals surface area contributed by atoms with Gasteiger partial charge in [-0.15, -0.1) is 0 Å². The van der Waals surface area contributed by atoms with Crippen molar-refractivity contribution in [2.75, 3.05) is 27.9 Å². The largest absolute Gasteiger partial charge is 0.534 e. The second kappa shape index (κ2) is 10.2. The van der Waals surface area contributed by atoms with E-state index in [1.807, 2.05) is 25.3 Å². The molecule has 0 spiro atoms. The normalized spacial score (nSPS) is 33.0. The maximum absolute atomic E-state index is 12.3. The predicted molar refractivity (Wildman–Crippen MR) is 139 cm³/mol. The number of ether oxygens (including phenoxy) is 3. The summed E-state index contributed by atoms with van der Waals surface area (Å²) in [6, 6.07) is 8.32. The molecule has 0 unspecified atom stereocenters. The van der Waals surface area contributed by atoms with E-state index in [4.69, 9.17) is 9.47 Å². The first-order valence-corrected chi connectivity index (χ1v) is 13.2. The Morgan fingerprint density at radius 1 is 1.11 bits per heavy atom. The number of nitrogens with zero attached hydrogens (tertiary/aromatic N) is 1. The van der Waals surface area contributed by atoms with Crippen molar-refractivity contribution in [1.29, 1.82) is 0 Å². The van der Waals surface area contributed by atoms with Crippen molar-refractivity contribution in [3.63, 3.8) is 0 Å². The van der Waals surface area contributed by atoms with Crippen molar-refractivity contribution in [3.8, 4) is 0 Å². The predicted octanol–water partition coefficient (Wildman–Crippen LogP) is 5.73. The third-order valence-corrected chi connectivity index (χ3v) is 9.63. The molecule has 7 nitrogen and oxygen atoms in total. The lowest BCUT2D eigenvalue weighted by Crippen LogP contribution is -2.54. The van der Waals surface area contributed by atoms with Gasteiger partial charge in [-0.3, -0.25) is 9.63 Å². The molecule has 0 amide bonds. The van der Waals surface area contributed by atoms with Gasteiger partial charge in [-0.25, -0.2) is 4.79 Å². The fourth-order valence-corrected chi connectivity index (χ4v) is 7.88. The molecular formula is C30H37NO6. The summed E-state index contributed by atoms with van der Waals surface area (Å²) < 4.78 is 16.5. The number of allylic oxidation sites excluding steroid dienone is 4. The van der Waals surface area contributed by atoms with E-state index in [1.54, 1.807) is 12.7 Å². The van der Waals surface area contributed by atoms with E-state index < -0.39 is 6.16 Å². The topological polar surface area (TPSA) is 83.4 Å². The maximum atomic E-state index is 12.3. The minimum Gasteiger partial charge on any atom is -0.436 e. The zero-order valence-corrected chi connectivity index (χ0v) is 22.2. The molecule has 4 aliphatic rings. The second-order valence-electron chi connectivity index (χ2n) is 11.1. The Morgan fingerprint density at radius 2 is 1.89 bits per heavy atom. The Labute approximate surface area is 218 Å². The summed E-state index contributed by atoms with van der Waals surface area (Å²) in [4.78, 5) is 28.1. The molecule has 4 aliphatic carbocycles. The molecule has 0 N–H and O–H groups in total. The zero-order chi connectivity index (χ0) is 26.2. The summed E-state index contributed by atoms with van der Waals surface area (Å²) in [5, 5.41) is 3.71. The van der Waals surface area contributed by atoms with Crippen LogP contribution in [-0.2, 0) is 23.8 Å². The fourth-order valence-electron chi connectivity index (χ4n) is 7.88. The molecule has 7 heteroatoms. The quantitative estimate of drug-likeness (QED) is 0.211. The van der Waals surface area contributed by atoms with Gasteiger partial charge in [0, 0.05) is 32.0 Å². The highest BCUT2D eigenvalue weighted by Crippen LogP contribution is 2.67. The molecule has 0 bridgehead atoms. The SMILES string of the molecule is COC[C@]1(OC)CC[C@H]2[C@@H]3CCC4=CC(=O)CCC4=C3[C@@H](c3ccc(/C=N/OC(=O)OC)cc3)C[C@@]21C. The Bertz CT molecular complexity index is 1150. The van der Waals surface area contributed by atoms with Gasteiger partial charge in [0.15, 0.2) is 5.78 Å². The fraction of sp³-hybridized carbons (Fsp3) is 0.567. The molecule has 5 rings (SSSR count). The Balaban J connectivity index is 1.56. The number of hydrogen-bond donors (Lipinski definition) is 0. The Hall–Kier alpha value is -2.77. The first-order valence-electron chi connectivity index (χ1n) is 13.2. The summed E-state index contributed by atoms with van der Waals surface area (Å²) in [5.74, 6) is 1.50. The van der Waals surface area contributed by atoms with Crippen molar-refractivity contribution in [1.82, 2.24) is 0 Å². The van der Waals surface area contributed by atoms with Crippen LogP contribution in [-0.4, -0.2) is 51.7 Å². The minimum absolute atomic E-state index is 0.0304. The number of methoxy groups -OCH3 is 3. The van der Waals surface area contributed by atoms with E-state index in [0.29, 0.717) is 24.9 Å². The lowest BCUT2D eigenvalue weighted by molar-refractivity contribution is -0.149. The number of benzene rings is 1. The molecule has 1 aromatic carbocycles. The third-order valence-electron chi connectivity index (χ3n) is 9.63. The van der Waals surface area contributed by atoms with Gasteiger partial charge in [0.1, 0.15) is 0 Å². The van der Waals surface area contributed by atoms with Crippen LogP contribution in [0, 0.1) is 17.3 Å². The van der Waals surface area contributed by atoms with Crippen molar-refractivity contribution < 1.29 is 28.6 Å². The van der Waals surface area contributed by atoms with Gasteiger partial charge >= 0.3 is 6.16 Å². The minimum atomic E-state index is -0.848. The molecule has 2 saturated carbocycles. The third kappa shape index (κ3) is 4.36. The van der Waals surface area contributed by atoms with Crippen LogP contribution in [0.5, 0.6) is 0 Å². The molecule has 0 radical (unpaired) electrons. The van der Waals surface area contributed by atoms with Gasteiger partial charge < -0.3 is 14.2 Å². The van der Waals surface area contributed by atoms with Crippen LogP contribution in [0.4, 0.5) is 4.79 Å². The Kier molecular flexibility index (Phi) is 7.12. The van der Waals surface area contributed by atoms with Crippen LogP contribution < -0.4 is 0 Å². The lowest BCUT2D eigenvalue weighted by atomic mass is 9.51. The van der Waals surface area contributed by atoms with Gasteiger partial charge in [0.2, 0.25) is 0 Å². The van der Waals surface area contributed by atoms with Crippen LogP contribution >= 0.6 is 0 Å². The number of fused-ring (bicyclic) bond motifs is 4. The number of carbonyl (C=O) groups excluding carboxylic acids is 2. The molecule has 37 heavy (non-hydrogen) atoms. The monoisotopic (exact) mass is 507 g/mol. The standard InChI is InChI=1S/C30H37NO6/c1-29-16-25(20-7-5-19(6-8-20)17-31-37-28(33)35-3)27-23-12-10-22(32)15-21(23)9-11-24(27)26(29)13-14-30(29,36-4)18-34-2/h5-8,15,17,24-26H,9-14,16,18H2,1-4H3/b31-17+/t24-,25+,26-,29-,30+/m0/s1. The highest BCUT2D eigenvalue weighted by Gasteiger charge is 2.63. The van der Waals surface area contributed by atoms with Crippen LogP contribution in [0.25, 0.3) is 0 Å². The Morgan fingerprint density at radius 3 is 2.59 bits per heavy atom. The first kappa shape index (κ1) is 25.9. The summed E-state index contributed by atoms with van der Waals surface area (Å²) in [5.41, 5.74) is 5.99. The van der Waals surface area contributed by atoms with Crippen LogP contribution in [0.15, 0.2) is 52.2 Å². The first-order chi connectivity index (χ1) is 17.9. The number of rotatable bonds is 6. The summed E-state index contributed by atoms with van der Waals surface area (Å²) >= 11 is 0. The summed E-state index contributed by atoms with van der Waals surface area (Å²) in [6.45, 7) is 3.01. The van der Waals surface area contributed by atoms with Gasteiger partial charge in [0.05, 0.1) is 25.5 Å². The van der Waals surface area contributed by atoms with E-state index >= 15 is 0 Å². The van der Waals surface area contributed by atoms with Crippen LogP contribution in [0.2, 0.25) is 0 Å². The molecule has 1 aromatic rings. The van der Waals surface area contributed by atoms with Gasteiger partial charge in [0.25, 0.3) is 0 Å². The maximum Gasteiger partial charge on any atom is 0.534 e.